The van der Waals surface area contributed by atoms with Gasteiger partial charge in [-0.25, -0.2) is 0 Å². The first kappa shape index (κ1) is 8.44. The lowest BCUT2D eigenvalue weighted by Crippen LogP contribution is -1.70. The maximum Gasteiger partial charge on any atom is 0.0242 e. The van der Waals surface area contributed by atoms with E-state index in [-0.39, 0.29) is 0 Å². The molecule has 0 amide bonds. The molecule has 0 aromatic rings. The fraction of sp³-hybridized carbons (Fsp3) is 0.333. The molecule has 0 aromatic carbocycles. The first-order valence-electron chi connectivity index (χ1n) is 2.29. The Labute approximate surface area is 66.9 Å². The van der Waals surface area contributed by atoms with Crippen molar-refractivity contribution in [2.24, 2.45) is 0 Å². The summed E-state index contributed by atoms with van der Waals surface area (Å²) in [5, 5.41) is 0.949. The van der Waals surface area contributed by atoms with Gasteiger partial charge in [0.25, 0.3) is 0 Å². The van der Waals surface area contributed by atoms with Crippen molar-refractivity contribution in [1.82, 2.24) is 0 Å². The molecule has 2 heteroatoms. The zero-order valence-corrected chi connectivity index (χ0v) is 7.87. The van der Waals surface area contributed by atoms with Gasteiger partial charge < -0.3 is 0 Å². The largest absolute Gasteiger partial charge is 0.0880 e. The van der Waals surface area contributed by atoms with Gasteiger partial charge in [-0.2, -0.15) is 0 Å². The zero-order valence-electron chi connectivity index (χ0n) is 4.70. The van der Waals surface area contributed by atoms with Crippen molar-refractivity contribution < 1.29 is 0 Å². The van der Waals surface area contributed by atoms with Crippen molar-refractivity contribution >= 4 is 31.9 Å². The average molecular weight is 240 g/mol. The zero-order chi connectivity index (χ0) is 6.41. The van der Waals surface area contributed by atoms with Crippen LogP contribution in [0.5, 0.6) is 0 Å². The molecule has 0 spiro atoms. The van der Waals surface area contributed by atoms with Crippen molar-refractivity contribution in [2.45, 2.75) is 6.92 Å². The van der Waals surface area contributed by atoms with E-state index in [1.807, 2.05) is 17.1 Å². The molecule has 0 aromatic heterocycles. The summed E-state index contributed by atoms with van der Waals surface area (Å²) in [6.07, 6.45) is 4.00. The van der Waals surface area contributed by atoms with E-state index >= 15 is 0 Å². The minimum atomic E-state index is 0.949. The van der Waals surface area contributed by atoms with Crippen LogP contribution in [0.4, 0.5) is 0 Å². The summed E-state index contributed by atoms with van der Waals surface area (Å²) in [6, 6.07) is 0. The van der Waals surface area contributed by atoms with Gasteiger partial charge in [0.1, 0.15) is 0 Å². The third-order valence-corrected chi connectivity index (χ3v) is 1.85. The molecule has 0 unspecified atom stereocenters. The molecule has 0 N–H and O–H groups in total. The van der Waals surface area contributed by atoms with E-state index in [9.17, 15) is 0 Å². The van der Waals surface area contributed by atoms with Crippen molar-refractivity contribution in [1.29, 1.82) is 0 Å². The van der Waals surface area contributed by atoms with Gasteiger partial charge in [0, 0.05) is 5.33 Å². The first-order valence-corrected chi connectivity index (χ1v) is 4.33. The molecule has 0 heterocycles. The summed E-state index contributed by atoms with van der Waals surface area (Å²) in [4.78, 5) is 1.83. The minimum Gasteiger partial charge on any atom is -0.0880 e. The van der Waals surface area contributed by atoms with Crippen LogP contribution in [0.3, 0.4) is 0 Å². The lowest BCUT2D eigenvalue weighted by molar-refractivity contribution is 1.43. The molecule has 0 atom stereocenters. The van der Waals surface area contributed by atoms with Gasteiger partial charge in [0.15, 0.2) is 0 Å². The molecule has 0 radical (unpaired) electrons. The van der Waals surface area contributed by atoms with Gasteiger partial charge in [-0.05, 0) is 11.9 Å². The maximum absolute atomic E-state index is 3.33. The molecule has 8 heavy (non-hydrogen) atoms. The van der Waals surface area contributed by atoms with Gasteiger partial charge >= 0.3 is 0 Å². The molecule has 0 nitrogen and oxygen atoms in total. The second kappa shape index (κ2) is 5.57. The highest BCUT2D eigenvalue weighted by Gasteiger charge is 1.77. The smallest absolute Gasteiger partial charge is 0.0242 e. The predicted octanol–water partition coefficient (Wildman–Crippen LogP) is 3.24. The summed E-state index contributed by atoms with van der Waals surface area (Å²) >= 11 is 6.49. The van der Waals surface area contributed by atoms with Crippen molar-refractivity contribution in [2.75, 3.05) is 5.33 Å². The Balaban J connectivity index is 3.57. The number of halogens is 2. The maximum atomic E-state index is 3.33. The molecule has 0 aliphatic carbocycles. The van der Waals surface area contributed by atoms with Crippen LogP contribution in [0.25, 0.3) is 0 Å². The molecule has 0 bridgehead atoms. The summed E-state index contributed by atoms with van der Waals surface area (Å²) in [7, 11) is 0. The van der Waals surface area contributed by atoms with Gasteiger partial charge in [0.05, 0.1) is 0 Å². The Morgan fingerprint density at radius 2 is 2.25 bits per heavy atom. The normalized spacial score (nSPS) is 13.1. The van der Waals surface area contributed by atoms with Crippen LogP contribution < -0.4 is 0 Å². The number of rotatable bonds is 2. The average Bonchev–Trinajstić information content (AvgIpc) is 1.83. The molecule has 0 rings (SSSR count). The summed E-state index contributed by atoms with van der Waals surface area (Å²) in [5.74, 6) is 0. The number of hydrogen-bond acceptors (Lipinski definition) is 0. The lowest BCUT2D eigenvalue weighted by Gasteiger charge is -1.85. The standard InChI is InChI=1S/C6H8Br2/c1-6(5-8)3-2-4-7/h2-4H,5H2,1H3/b4-2+,6-3+. The van der Waals surface area contributed by atoms with E-state index < -0.39 is 0 Å². The van der Waals surface area contributed by atoms with Crippen LogP contribution in [0.15, 0.2) is 22.7 Å². The van der Waals surface area contributed by atoms with Crippen molar-refractivity contribution in [3.05, 3.63) is 22.7 Å². The second-order valence-electron chi connectivity index (χ2n) is 1.47. The van der Waals surface area contributed by atoms with Gasteiger partial charge in [-0.15, -0.1) is 0 Å². The van der Waals surface area contributed by atoms with Crippen LogP contribution in [-0.4, -0.2) is 5.33 Å². The third-order valence-electron chi connectivity index (χ3n) is 0.664. The monoisotopic (exact) mass is 238 g/mol. The van der Waals surface area contributed by atoms with Crippen molar-refractivity contribution in [3.8, 4) is 0 Å². The molecular formula is C6H8Br2. The number of hydrogen-bond donors (Lipinski definition) is 0. The molecular weight excluding hydrogens is 232 g/mol. The lowest BCUT2D eigenvalue weighted by atomic mass is 10.3. The van der Waals surface area contributed by atoms with Crippen LogP contribution in [0.2, 0.25) is 0 Å². The van der Waals surface area contributed by atoms with Gasteiger partial charge in [-0.1, -0.05) is 49.6 Å². The molecule has 0 saturated carbocycles. The predicted molar refractivity (Wildman–Crippen MR) is 45.6 cm³/mol. The van der Waals surface area contributed by atoms with E-state index in [1.165, 1.54) is 5.57 Å². The molecule has 0 aliphatic heterocycles. The highest BCUT2D eigenvalue weighted by Crippen LogP contribution is 1.97. The number of allylic oxidation sites excluding steroid dienone is 3. The Bertz CT molecular complexity index is 103. The summed E-state index contributed by atoms with van der Waals surface area (Å²) < 4.78 is 0. The summed E-state index contributed by atoms with van der Waals surface area (Å²) in [5.41, 5.74) is 1.32. The van der Waals surface area contributed by atoms with Crippen LogP contribution in [-0.2, 0) is 0 Å². The van der Waals surface area contributed by atoms with E-state index in [0.29, 0.717) is 0 Å². The fourth-order valence-corrected chi connectivity index (χ4v) is 0.585. The van der Waals surface area contributed by atoms with Gasteiger partial charge in [-0.3, -0.25) is 0 Å². The second-order valence-corrected chi connectivity index (χ2v) is 2.55. The Hall–Kier alpha value is 0.440. The van der Waals surface area contributed by atoms with Crippen LogP contribution >= 0.6 is 31.9 Å². The topological polar surface area (TPSA) is 0 Å². The highest BCUT2D eigenvalue weighted by atomic mass is 79.9. The van der Waals surface area contributed by atoms with Crippen LogP contribution in [0.1, 0.15) is 6.92 Å². The van der Waals surface area contributed by atoms with E-state index in [4.69, 9.17) is 0 Å². The quantitative estimate of drug-likeness (QED) is 0.513. The molecule has 0 fully saturated rings. The Morgan fingerprint density at radius 1 is 1.62 bits per heavy atom. The molecule has 0 aliphatic rings. The summed E-state index contributed by atoms with van der Waals surface area (Å²) in [6.45, 7) is 2.07. The number of alkyl halides is 1. The first-order chi connectivity index (χ1) is 3.81. The molecule has 0 saturated heterocycles. The molecule has 46 valence electrons. The Kier molecular flexibility index (Phi) is 5.88. The fourth-order valence-electron chi connectivity index (χ4n) is 0.245. The minimum absolute atomic E-state index is 0.949. The Morgan fingerprint density at radius 3 is 2.62 bits per heavy atom. The third kappa shape index (κ3) is 4.60. The van der Waals surface area contributed by atoms with Gasteiger partial charge in [0.2, 0.25) is 0 Å². The van der Waals surface area contributed by atoms with E-state index in [1.54, 1.807) is 0 Å². The van der Waals surface area contributed by atoms with E-state index in [2.05, 4.69) is 38.8 Å². The van der Waals surface area contributed by atoms with Crippen molar-refractivity contribution in [3.63, 3.8) is 0 Å². The van der Waals surface area contributed by atoms with Crippen LogP contribution in [0, 0.1) is 0 Å². The highest BCUT2D eigenvalue weighted by molar-refractivity contribution is 9.11. The SMILES string of the molecule is C/C(=C\C=C\Br)CBr. The van der Waals surface area contributed by atoms with E-state index in [0.717, 1.165) is 5.33 Å².